The molecule has 2 aromatic carbocycles. The third kappa shape index (κ3) is 11.6. The van der Waals surface area contributed by atoms with Crippen molar-refractivity contribution in [2.24, 2.45) is 5.92 Å². The van der Waals surface area contributed by atoms with E-state index in [1.165, 1.54) is 6.92 Å². The van der Waals surface area contributed by atoms with Crippen LogP contribution in [0.25, 0.3) is 0 Å². The maximum Gasteiger partial charge on any atom is 0.243 e. The molecule has 5 amide bonds. The van der Waals surface area contributed by atoms with E-state index in [1.54, 1.807) is 0 Å². The fraction of sp³-hybridized carbons (Fsp3) is 0.500. The van der Waals surface area contributed by atoms with E-state index in [0.717, 1.165) is 24.0 Å². The monoisotopic (exact) mass is 621 g/mol. The third-order valence-corrected chi connectivity index (χ3v) is 7.58. The van der Waals surface area contributed by atoms with Gasteiger partial charge in [-0.3, -0.25) is 24.0 Å². The van der Waals surface area contributed by atoms with Crippen molar-refractivity contribution in [3.8, 4) is 5.75 Å². The first-order valence-corrected chi connectivity index (χ1v) is 15.8. The van der Waals surface area contributed by atoms with Crippen LogP contribution in [0, 0.1) is 5.92 Å². The lowest BCUT2D eigenvalue weighted by atomic mass is 10.0. The molecule has 0 radical (unpaired) electrons. The summed E-state index contributed by atoms with van der Waals surface area (Å²) >= 11 is 0. The maximum atomic E-state index is 13.6. The number of hydrogen-bond acceptors (Lipinski definition) is 6. The van der Waals surface area contributed by atoms with Crippen molar-refractivity contribution < 1.29 is 28.7 Å². The fourth-order valence-corrected chi connectivity index (χ4v) is 4.86. The van der Waals surface area contributed by atoms with E-state index in [9.17, 15) is 24.0 Å². The van der Waals surface area contributed by atoms with Gasteiger partial charge in [-0.05, 0) is 48.9 Å². The Kier molecular flexibility index (Phi) is 13.9. The first kappa shape index (κ1) is 35.1. The molecular formula is C34H47N5O6. The van der Waals surface area contributed by atoms with E-state index in [-0.39, 0.29) is 43.5 Å². The number of carbonyl (C=O) groups excluding carboxylic acids is 5. The van der Waals surface area contributed by atoms with Crippen molar-refractivity contribution in [3.63, 3.8) is 0 Å². The minimum Gasteiger partial charge on any atom is -0.494 e. The van der Waals surface area contributed by atoms with Crippen LogP contribution in [0.15, 0.2) is 54.6 Å². The molecule has 0 aliphatic carbocycles. The molecule has 11 nitrogen and oxygen atoms in total. The van der Waals surface area contributed by atoms with Gasteiger partial charge >= 0.3 is 0 Å². The minimum absolute atomic E-state index is 0.0815. The lowest BCUT2D eigenvalue weighted by Crippen LogP contribution is -2.58. The van der Waals surface area contributed by atoms with E-state index in [0.29, 0.717) is 18.8 Å². The summed E-state index contributed by atoms with van der Waals surface area (Å²) in [5.41, 5.74) is 1.61. The van der Waals surface area contributed by atoms with Crippen LogP contribution in [0.5, 0.6) is 5.75 Å². The Morgan fingerprint density at radius 3 is 2.02 bits per heavy atom. The standard InChI is InChI=1S/C34H47N5O6/c1-5-6-19-45-26-16-14-25(15-17-26)21-28-33(43)39-30(22(2)3)34(44)35-18-10-13-29(40)37-27(20-24-11-8-7-9-12-24)32(42)36-23(4)31(41)38-28/h7-9,11-12,14-17,22-23,27-28,30H,5-6,10,13,18-21H2,1-4H3,(H,35,44)(H,36,42)(H,37,40)(H,38,41)(H,39,43)/t23-,27-,28-,30?/m0/s1. The zero-order valence-corrected chi connectivity index (χ0v) is 26.7. The molecule has 1 fully saturated rings. The molecule has 0 spiro atoms. The van der Waals surface area contributed by atoms with Crippen molar-refractivity contribution in [2.45, 2.75) is 90.4 Å². The summed E-state index contributed by atoms with van der Waals surface area (Å²) in [6.07, 6.45) is 2.75. The van der Waals surface area contributed by atoms with Gasteiger partial charge < -0.3 is 31.3 Å². The molecule has 1 aliphatic heterocycles. The first-order valence-electron chi connectivity index (χ1n) is 15.8. The molecule has 2 aromatic rings. The molecule has 1 aliphatic rings. The van der Waals surface area contributed by atoms with Crippen LogP contribution in [0.2, 0.25) is 0 Å². The van der Waals surface area contributed by atoms with Crippen LogP contribution < -0.4 is 31.3 Å². The molecule has 11 heteroatoms. The Morgan fingerprint density at radius 2 is 1.38 bits per heavy atom. The Hall–Kier alpha value is -4.41. The van der Waals surface area contributed by atoms with E-state index < -0.39 is 41.9 Å². The molecule has 0 saturated carbocycles. The highest BCUT2D eigenvalue weighted by atomic mass is 16.5. The summed E-state index contributed by atoms with van der Waals surface area (Å²) < 4.78 is 5.74. The third-order valence-electron chi connectivity index (χ3n) is 7.58. The molecule has 5 N–H and O–H groups in total. The lowest BCUT2D eigenvalue weighted by molar-refractivity contribution is -0.134. The Bertz CT molecular complexity index is 1280. The number of hydrogen-bond donors (Lipinski definition) is 5. The molecule has 45 heavy (non-hydrogen) atoms. The number of rotatable bonds is 9. The molecule has 1 heterocycles. The molecule has 1 unspecified atom stereocenters. The molecule has 4 atom stereocenters. The highest BCUT2D eigenvalue weighted by Crippen LogP contribution is 2.15. The second-order valence-electron chi connectivity index (χ2n) is 11.8. The zero-order chi connectivity index (χ0) is 32.8. The molecule has 244 valence electrons. The zero-order valence-electron chi connectivity index (χ0n) is 26.7. The van der Waals surface area contributed by atoms with Crippen molar-refractivity contribution >= 4 is 29.5 Å². The highest BCUT2D eigenvalue weighted by Gasteiger charge is 2.31. The van der Waals surface area contributed by atoms with E-state index in [4.69, 9.17) is 4.74 Å². The number of benzene rings is 2. The van der Waals surface area contributed by atoms with Crippen molar-refractivity contribution in [2.75, 3.05) is 13.2 Å². The van der Waals surface area contributed by atoms with Gasteiger partial charge in [-0.25, -0.2) is 0 Å². The van der Waals surface area contributed by atoms with Crippen LogP contribution in [-0.2, 0) is 36.8 Å². The number of carbonyl (C=O) groups is 5. The fourth-order valence-electron chi connectivity index (χ4n) is 4.86. The highest BCUT2D eigenvalue weighted by molar-refractivity contribution is 5.95. The number of amides is 5. The van der Waals surface area contributed by atoms with Crippen molar-refractivity contribution in [1.82, 2.24) is 26.6 Å². The maximum absolute atomic E-state index is 13.6. The van der Waals surface area contributed by atoms with E-state index >= 15 is 0 Å². The topological polar surface area (TPSA) is 155 Å². The summed E-state index contributed by atoms with van der Waals surface area (Å²) in [7, 11) is 0. The Morgan fingerprint density at radius 1 is 0.756 bits per heavy atom. The normalized spacial score (nSPS) is 22.4. The summed E-state index contributed by atoms with van der Waals surface area (Å²) in [4.78, 5) is 66.2. The number of ether oxygens (including phenoxy) is 1. The second kappa shape index (κ2) is 17.8. The van der Waals surface area contributed by atoms with Crippen molar-refractivity contribution in [3.05, 3.63) is 65.7 Å². The van der Waals surface area contributed by atoms with Gasteiger partial charge in [0.15, 0.2) is 0 Å². The largest absolute Gasteiger partial charge is 0.494 e. The van der Waals surface area contributed by atoms with Crippen LogP contribution in [-0.4, -0.2) is 66.9 Å². The SMILES string of the molecule is CCCCOc1ccc(C[C@@H]2NC(=O)[C@H](C)NC(=O)[C@H](Cc3ccccc3)NC(=O)CCCNC(=O)C(C(C)C)NC2=O)cc1. The predicted octanol–water partition coefficient (Wildman–Crippen LogP) is 2.18. The van der Waals surface area contributed by atoms with Gasteiger partial charge in [0.25, 0.3) is 0 Å². The number of unbranched alkanes of at least 4 members (excludes halogenated alkanes) is 1. The summed E-state index contributed by atoms with van der Waals surface area (Å²) in [6, 6.07) is 12.7. The van der Waals surface area contributed by atoms with Crippen LogP contribution in [0.4, 0.5) is 0 Å². The van der Waals surface area contributed by atoms with Crippen molar-refractivity contribution in [1.29, 1.82) is 0 Å². The molecule has 3 rings (SSSR count). The first-order chi connectivity index (χ1) is 21.6. The second-order valence-corrected chi connectivity index (χ2v) is 11.8. The van der Waals surface area contributed by atoms with Gasteiger partial charge in [-0.15, -0.1) is 0 Å². The van der Waals surface area contributed by atoms with Crippen LogP contribution >= 0.6 is 0 Å². The lowest BCUT2D eigenvalue weighted by Gasteiger charge is -2.26. The Balaban J connectivity index is 1.85. The summed E-state index contributed by atoms with van der Waals surface area (Å²) in [5.74, 6) is -1.89. The van der Waals surface area contributed by atoms with Gasteiger partial charge in [0, 0.05) is 25.8 Å². The van der Waals surface area contributed by atoms with Gasteiger partial charge in [0.1, 0.15) is 29.9 Å². The van der Waals surface area contributed by atoms with Gasteiger partial charge in [0.2, 0.25) is 29.5 Å². The van der Waals surface area contributed by atoms with E-state index in [1.807, 2.05) is 68.4 Å². The minimum atomic E-state index is -1.03. The Labute approximate surface area is 265 Å². The van der Waals surface area contributed by atoms with Gasteiger partial charge in [-0.1, -0.05) is 69.7 Å². The average molecular weight is 622 g/mol. The van der Waals surface area contributed by atoms with Crippen LogP contribution in [0.1, 0.15) is 64.5 Å². The average Bonchev–Trinajstić information content (AvgIpc) is 3.01. The van der Waals surface area contributed by atoms with Crippen LogP contribution in [0.3, 0.4) is 0 Å². The predicted molar refractivity (Wildman–Crippen MR) is 171 cm³/mol. The van der Waals surface area contributed by atoms with Gasteiger partial charge in [0.05, 0.1) is 6.61 Å². The summed E-state index contributed by atoms with van der Waals surface area (Å²) in [6.45, 7) is 8.05. The molecule has 0 bridgehead atoms. The summed E-state index contributed by atoms with van der Waals surface area (Å²) in [5, 5.41) is 13.9. The quantitative estimate of drug-likeness (QED) is 0.271. The van der Waals surface area contributed by atoms with Gasteiger partial charge in [-0.2, -0.15) is 0 Å². The smallest absolute Gasteiger partial charge is 0.243 e. The number of nitrogens with one attached hydrogen (secondary N) is 5. The van der Waals surface area contributed by atoms with E-state index in [2.05, 4.69) is 33.5 Å². The molecule has 1 saturated heterocycles. The molecular weight excluding hydrogens is 574 g/mol. The molecule has 0 aromatic heterocycles.